The molecule has 0 heterocycles. The molecule has 0 spiro atoms. The van der Waals surface area contributed by atoms with Crippen LogP contribution in [0.5, 0.6) is 0 Å². The van der Waals surface area contributed by atoms with Crippen molar-refractivity contribution in [1.29, 1.82) is 0 Å². The minimum absolute atomic E-state index is 0.235. The van der Waals surface area contributed by atoms with Crippen LogP contribution in [0.3, 0.4) is 0 Å². The summed E-state index contributed by atoms with van der Waals surface area (Å²) in [5.41, 5.74) is 0.865. The highest BCUT2D eigenvalue weighted by Crippen LogP contribution is 2.21. The third kappa shape index (κ3) is 4.92. The van der Waals surface area contributed by atoms with Crippen LogP contribution >= 0.6 is 11.6 Å². The van der Waals surface area contributed by atoms with Crippen LogP contribution in [0.4, 0.5) is 4.39 Å². The number of ether oxygens (including phenoxy) is 1. The molecule has 102 valence electrons. The second-order valence-electron chi connectivity index (χ2n) is 4.65. The van der Waals surface area contributed by atoms with Crippen LogP contribution < -0.4 is 5.32 Å². The molecule has 2 nitrogen and oxygen atoms in total. The number of nitrogens with one attached hydrogen (secondary N) is 1. The molecule has 0 aliphatic rings. The van der Waals surface area contributed by atoms with Crippen molar-refractivity contribution in [3.8, 4) is 0 Å². The van der Waals surface area contributed by atoms with Gasteiger partial charge < -0.3 is 10.1 Å². The Labute approximate surface area is 113 Å². The van der Waals surface area contributed by atoms with Crippen molar-refractivity contribution in [3.63, 3.8) is 0 Å². The van der Waals surface area contributed by atoms with Crippen molar-refractivity contribution >= 4 is 11.6 Å². The fourth-order valence-electron chi connectivity index (χ4n) is 1.81. The molecule has 2 atom stereocenters. The third-order valence-electron chi connectivity index (χ3n) is 3.18. The highest BCUT2D eigenvalue weighted by molar-refractivity contribution is 6.31. The van der Waals surface area contributed by atoms with E-state index in [0.29, 0.717) is 23.6 Å². The van der Waals surface area contributed by atoms with Gasteiger partial charge in [0, 0.05) is 24.7 Å². The zero-order chi connectivity index (χ0) is 13.5. The SMILES string of the molecule is COCCNC(C)C(C)Cc1cc(F)ccc1Cl. The van der Waals surface area contributed by atoms with E-state index >= 15 is 0 Å². The van der Waals surface area contributed by atoms with E-state index in [2.05, 4.69) is 19.2 Å². The first-order chi connectivity index (χ1) is 8.54. The van der Waals surface area contributed by atoms with E-state index in [1.54, 1.807) is 13.2 Å². The topological polar surface area (TPSA) is 21.3 Å². The first kappa shape index (κ1) is 15.4. The van der Waals surface area contributed by atoms with E-state index in [1.165, 1.54) is 12.1 Å². The lowest BCUT2D eigenvalue weighted by atomic mass is 9.95. The van der Waals surface area contributed by atoms with E-state index in [0.717, 1.165) is 18.5 Å². The molecule has 0 amide bonds. The fourth-order valence-corrected chi connectivity index (χ4v) is 2.01. The molecule has 0 fully saturated rings. The maximum atomic E-state index is 13.2. The van der Waals surface area contributed by atoms with Crippen LogP contribution in [0, 0.1) is 11.7 Å². The molecular weight excluding hydrogens is 253 g/mol. The van der Waals surface area contributed by atoms with Gasteiger partial charge in [-0.25, -0.2) is 4.39 Å². The Hall–Kier alpha value is -0.640. The van der Waals surface area contributed by atoms with Gasteiger partial charge in [-0.2, -0.15) is 0 Å². The van der Waals surface area contributed by atoms with Crippen molar-refractivity contribution < 1.29 is 9.13 Å². The molecule has 18 heavy (non-hydrogen) atoms. The van der Waals surface area contributed by atoms with Gasteiger partial charge in [-0.1, -0.05) is 18.5 Å². The molecule has 0 bridgehead atoms. The number of hydrogen-bond donors (Lipinski definition) is 1. The minimum atomic E-state index is -0.235. The van der Waals surface area contributed by atoms with E-state index in [9.17, 15) is 4.39 Å². The van der Waals surface area contributed by atoms with Crippen LogP contribution in [0.2, 0.25) is 5.02 Å². The van der Waals surface area contributed by atoms with Gasteiger partial charge >= 0.3 is 0 Å². The Balaban J connectivity index is 2.52. The van der Waals surface area contributed by atoms with Crippen molar-refractivity contribution in [2.24, 2.45) is 5.92 Å². The molecule has 0 radical (unpaired) electrons. The molecule has 1 aromatic carbocycles. The Morgan fingerprint density at radius 1 is 1.39 bits per heavy atom. The molecule has 4 heteroatoms. The highest BCUT2D eigenvalue weighted by atomic mass is 35.5. The summed E-state index contributed by atoms with van der Waals surface area (Å²) in [5.74, 6) is 0.141. The standard InChI is InChI=1S/C14H21ClFNO/c1-10(11(2)17-6-7-18-3)8-12-9-13(16)4-5-14(12)15/h4-5,9-11,17H,6-8H2,1-3H3. The summed E-state index contributed by atoms with van der Waals surface area (Å²) in [6, 6.07) is 4.85. The van der Waals surface area contributed by atoms with Crippen LogP contribution in [0.25, 0.3) is 0 Å². The fraction of sp³-hybridized carbons (Fsp3) is 0.571. The predicted octanol–water partition coefficient (Wildman–Crippen LogP) is 3.28. The molecule has 2 unspecified atom stereocenters. The van der Waals surface area contributed by atoms with Crippen LogP contribution in [0.1, 0.15) is 19.4 Å². The third-order valence-corrected chi connectivity index (χ3v) is 3.54. The van der Waals surface area contributed by atoms with Crippen molar-refractivity contribution in [1.82, 2.24) is 5.32 Å². The lowest BCUT2D eigenvalue weighted by Gasteiger charge is -2.21. The van der Waals surface area contributed by atoms with Gasteiger partial charge in [0.2, 0.25) is 0 Å². The van der Waals surface area contributed by atoms with Gasteiger partial charge in [0.25, 0.3) is 0 Å². The predicted molar refractivity (Wildman–Crippen MR) is 73.6 cm³/mol. The van der Waals surface area contributed by atoms with E-state index in [1.807, 2.05) is 0 Å². The van der Waals surface area contributed by atoms with Gasteiger partial charge in [-0.05, 0) is 43.0 Å². The second-order valence-corrected chi connectivity index (χ2v) is 5.06. The normalized spacial score (nSPS) is 14.5. The molecule has 0 saturated heterocycles. The number of halogens is 2. The summed E-state index contributed by atoms with van der Waals surface area (Å²) < 4.78 is 18.1. The van der Waals surface area contributed by atoms with Gasteiger partial charge in [-0.15, -0.1) is 0 Å². The van der Waals surface area contributed by atoms with Crippen molar-refractivity contribution in [2.75, 3.05) is 20.3 Å². The van der Waals surface area contributed by atoms with Gasteiger partial charge in [0.15, 0.2) is 0 Å². The second kappa shape index (κ2) is 7.72. The number of benzene rings is 1. The van der Waals surface area contributed by atoms with Gasteiger partial charge in [0.1, 0.15) is 5.82 Å². The molecule has 1 N–H and O–H groups in total. The summed E-state index contributed by atoms with van der Waals surface area (Å²) in [5, 5.41) is 4.01. The average molecular weight is 274 g/mol. The maximum absolute atomic E-state index is 13.2. The molecule has 1 aromatic rings. The Kier molecular flexibility index (Phi) is 6.61. The molecular formula is C14H21ClFNO. The minimum Gasteiger partial charge on any atom is -0.383 e. The summed E-state index contributed by atoms with van der Waals surface area (Å²) >= 11 is 6.06. The Morgan fingerprint density at radius 3 is 2.78 bits per heavy atom. The Bertz CT molecular complexity index is 373. The van der Waals surface area contributed by atoms with Crippen LogP contribution in [0.15, 0.2) is 18.2 Å². The quantitative estimate of drug-likeness (QED) is 0.770. The first-order valence-electron chi connectivity index (χ1n) is 6.20. The molecule has 0 saturated carbocycles. The van der Waals surface area contributed by atoms with E-state index in [-0.39, 0.29) is 5.82 Å². The summed E-state index contributed by atoms with van der Waals surface area (Å²) in [6.07, 6.45) is 0.762. The highest BCUT2D eigenvalue weighted by Gasteiger charge is 2.14. The largest absolute Gasteiger partial charge is 0.383 e. The zero-order valence-electron chi connectivity index (χ0n) is 11.2. The number of methoxy groups -OCH3 is 1. The number of rotatable bonds is 7. The maximum Gasteiger partial charge on any atom is 0.123 e. The van der Waals surface area contributed by atoms with Gasteiger partial charge in [0.05, 0.1) is 6.61 Å². The first-order valence-corrected chi connectivity index (χ1v) is 6.58. The van der Waals surface area contributed by atoms with Crippen molar-refractivity contribution in [3.05, 3.63) is 34.6 Å². The van der Waals surface area contributed by atoms with Crippen LogP contribution in [-0.2, 0) is 11.2 Å². The van der Waals surface area contributed by atoms with Crippen LogP contribution in [-0.4, -0.2) is 26.3 Å². The smallest absolute Gasteiger partial charge is 0.123 e. The van der Waals surface area contributed by atoms with E-state index < -0.39 is 0 Å². The average Bonchev–Trinajstić information content (AvgIpc) is 2.34. The molecule has 0 aliphatic heterocycles. The lowest BCUT2D eigenvalue weighted by molar-refractivity contribution is 0.192. The monoisotopic (exact) mass is 273 g/mol. The molecule has 0 aromatic heterocycles. The number of hydrogen-bond acceptors (Lipinski definition) is 2. The zero-order valence-corrected chi connectivity index (χ0v) is 11.9. The summed E-state index contributed by atoms with van der Waals surface area (Å²) in [6.45, 7) is 5.76. The van der Waals surface area contributed by atoms with Gasteiger partial charge in [-0.3, -0.25) is 0 Å². The molecule has 0 aliphatic carbocycles. The summed E-state index contributed by atoms with van der Waals surface area (Å²) in [7, 11) is 1.68. The molecule has 1 rings (SSSR count). The van der Waals surface area contributed by atoms with E-state index in [4.69, 9.17) is 16.3 Å². The Morgan fingerprint density at radius 2 is 2.11 bits per heavy atom. The van der Waals surface area contributed by atoms with Crippen molar-refractivity contribution in [2.45, 2.75) is 26.3 Å². The lowest BCUT2D eigenvalue weighted by Crippen LogP contribution is -2.35. The summed E-state index contributed by atoms with van der Waals surface area (Å²) in [4.78, 5) is 0.